The molecule has 2 N–H and O–H groups in total. The fourth-order valence-corrected chi connectivity index (χ4v) is 1.40. The number of methoxy groups -OCH3 is 1. The van der Waals surface area contributed by atoms with Crippen LogP contribution in [0.1, 0.15) is 12.0 Å². The molecule has 0 atom stereocenters. The number of aryl methyl sites for hydroxylation is 1. The Labute approximate surface area is 102 Å². The fourth-order valence-electron chi connectivity index (χ4n) is 0.919. The zero-order valence-electron chi connectivity index (χ0n) is 9.96. The Bertz CT molecular complexity index is 392. The summed E-state index contributed by atoms with van der Waals surface area (Å²) >= 11 is 0. The molecular formula is C11H18O5S. The zero-order valence-corrected chi connectivity index (χ0v) is 10.8. The Hall–Kier alpha value is -0.950. The van der Waals surface area contributed by atoms with Crippen LogP contribution in [0.3, 0.4) is 0 Å². The van der Waals surface area contributed by atoms with Gasteiger partial charge in [0.05, 0.1) is 4.90 Å². The van der Waals surface area contributed by atoms with Crippen molar-refractivity contribution >= 4 is 10.1 Å². The molecule has 0 spiro atoms. The molecule has 0 aromatic heterocycles. The van der Waals surface area contributed by atoms with Crippen LogP contribution in [0.2, 0.25) is 0 Å². The van der Waals surface area contributed by atoms with Crippen molar-refractivity contribution in [3.63, 3.8) is 0 Å². The summed E-state index contributed by atoms with van der Waals surface area (Å²) in [7, 11) is -2.40. The first-order valence-electron chi connectivity index (χ1n) is 5.05. The molecule has 0 saturated heterocycles. The van der Waals surface area contributed by atoms with Crippen molar-refractivity contribution in [2.24, 2.45) is 0 Å². The molecule has 0 aliphatic rings. The van der Waals surface area contributed by atoms with Crippen LogP contribution >= 0.6 is 0 Å². The molecule has 6 heteroatoms. The highest BCUT2D eigenvalue weighted by atomic mass is 32.2. The first kappa shape index (κ1) is 16.1. The number of benzene rings is 1. The van der Waals surface area contributed by atoms with Gasteiger partial charge < -0.3 is 9.84 Å². The van der Waals surface area contributed by atoms with Gasteiger partial charge in [-0.15, -0.1) is 0 Å². The lowest BCUT2D eigenvalue weighted by Crippen LogP contribution is -1.96. The molecule has 0 fully saturated rings. The van der Waals surface area contributed by atoms with E-state index in [4.69, 9.17) is 9.66 Å². The second-order valence-electron chi connectivity index (χ2n) is 3.36. The zero-order chi connectivity index (χ0) is 13.3. The first-order chi connectivity index (χ1) is 7.91. The number of rotatable bonds is 4. The molecule has 98 valence electrons. The lowest BCUT2D eigenvalue weighted by Gasteiger charge is -1.95. The van der Waals surface area contributed by atoms with Gasteiger partial charge in [0.2, 0.25) is 0 Å². The van der Waals surface area contributed by atoms with E-state index in [9.17, 15) is 8.42 Å². The van der Waals surface area contributed by atoms with E-state index in [1.807, 2.05) is 6.92 Å². The second-order valence-corrected chi connectivity index (χ2v) is 4.78. The van der Waals surface area contributed by atoms with Gasteiger partial charge in [-0.05, 0) is 25.5 Å². The van der Waals surface area contributed by atoms with Crippen molar-refractivity contribution in [1.29, 1.82) is 0 Å². The standard InChI is InChI=1S/C7H8O3S.C4H10O2/c1-6-2-4-7(5-3-6)11(8,9)10;1-6-4-2-3-5/h2-5H,1H3,(H,8,9,10);5H,2-4H2,1H3. The molecule has 0 bridgehead atoms. The van der Waals surface area contributed by atoms with E-state index in [1.165, 1.54) is 12.1 Å². The van der Waals surface area contributed by atoms with Crippen LogP contribution in [-0.2, 0) is 14.9 Å². The van der Waals surface area contributed by atoms with Crippen molar-refractivity contribution in [1.82, 2.24) is 0 Å². The number of aliphatic hydroxyl groups excluding tert-OH is 1. The average Bonchev–Trinajstić information content (AvgIpc) is 2.26. The lowest BCUT2D eigenvalue weighted by molar-refractivity contribution is 0.166. The quantitative estimate of drug-likeness (QED) is 0.630. The second kappa shape index (κ2) is 8.19. The largest absolute Gasteiger partial charge is 0.396 e. The maximum atomic E-state index is 10.5. The van der Waals surface area contributed by atoms with Crippen LogP contribution in [-0.4, -0.2) is 38.4 Å². The van der Waals surface area contributed by atoms with Crippen LogP contribution < -0.4 is 0 Å². The summed E-state index contributed by atoms with van der Waals surface area (Å²) in [6, 6.07) is 5.99. The molecule has 0 saturated carbocycles. The van der Waals surface area contributed by atoms with E-state index in [2.05, 4.69) is 4.74 Å². The third-order valence-corrected chi connectivity index (χ3v) is 2.69. The minimum absolute atomic E-state index is 0.0666. The van der Waals surface area contributed by atoms with Crippen LogP contribution in [0.25, 0.3) is 0 Å². The Kier molecular flexibility index (Phi) is 7.73. The molecule has 17 heavy (non-hydrogen) atoms. The Morgan fingerprint density at radius 3 is 2.06 bits per heavy atom. The van der Waals surface area contributed by atoms with Crippen molar-refractivity contribution in [2.75, 3.05) is 20.3 Å². The van der Waals surface area contributed by atoms with Crippen molar-refractivity contribution in [3.05, 3.63) is 29.8 Å². The molecule has 1 aromatic carbocycles. The third-order valence-electron chi connectivity index (χ3n) is 1.83. The van der Waals surface area contributed by atoms with E-state index in [0.717, 1.165) is 12.0 Å². The van der Waals surface area contributed by atoms with Gasteiger partial charge >= 0.3 is 0 Å². The highest BCUT2D eigenvalue weighted by molar-refractivity contribution is 7.85. The minimum Gasteiger partial charge on any atom is -0.396 e. The molecule has 1 rings (SSSR count). The highest BCUT2D eigenvalue weighted by Gasteiger charge is 2.06. The summed E-state index contributed by atoms with van der Waals surface area (Å²) in [6.45, 7) is 2.73. The van der Waals surface area contributed by atoms with E-state index >= 15 is 0 Å². The lowest BCUT2D eigenvalue weighted by atomic mass is 10.2. The summed E-state index contributed by atoms with van der Waals surface area (Å²) in [5.74, 6) is 0. The van der Waals surface area contributed by atoms with Gasteiger partial charge in [-0.25, -0.2) is 0 Å². The van der Waals surface area contributed by atoms with E-state index in [1.54, 1.807) is 19.2 Å². The van der Waals surface area contributed by atoms with Crippen LogP contribution in [0.4, 0.5) is 0 Å². The van der Waals surface area contributed by atoms with Gasteiger partial charge in [-0.2, -0.15) is 8.42 Å². The van der Waals surface area contributed by atoms with Crippen LogP contribution in [0.5, 0.6) is 0 Å². The summed E-state index contributed by atoms with van der Waals surface area (Å²) in [5.41, 5.74) is 0.956. The molecule has 0 unspecified atom stereocenters. The maximum Gasteiger partial charge on any atom is 0.294 e. The van der Waals surface area contributed by atoms with Gasteiger partial charge in [-0.3, -0.25) is 4.55 Å². The molecule has 5 nitrogen and oxygen atoms in total. The number of aliphatic hydroxyl groups is 1. The first-order valence-corrected chi connectivity index (χ1v) is 6.49. The molecule has 0 radical (unpaired) electrons. The SMILES string of the molecule is COCCCO.Cc1ccc(S(=O)(=O)O)cc1. The molecule has 0 amide bonds. The predicted octanol–water partition coefficient (Wildman–Crippen LogP) is 1.26. The average molecular weight is 262 g/mol. The molecule has 0 heterocycles. The highest BCUT2D eigenvalue weighted by Crippen LogP contribution is 2.08. The van der Waals surface area contributed by atoms with Crippen molar-refractivity contribution < 1.29 is 22.8 Å². The van der Waals surface area contributed by atoms with Gasteiger partial charge in [0.25, 0.3) is 10.1 Å². The van der Waals surface area contributed by atoms with Gasteiger partial charge in [-0.1, -0.05) is 17.7 Å². The minimum atomic E-state index is -4.02. The molecule has 0 aliphatic heterocycles. The Balaban J connectivity index is 0.000000366. The monoisotopic (exact) mass is 262 g/mol. The van der Waals surface area contributed by atoms with Gasteiger partial charge in [0, 0.05) is 20.3 Å². The summed E-state index contributed by atoms with van der Waals surface area (Å²) in [6.07, 6.45) is 0.747. The van der Waals surface area contributed by atoms with Gasteiger partial charge in [0.1, 0.15) is 0 Å². The number of ether oxygens (including phenoxy) is 1. The van der Waals surface area contributed by atoms with E-state index in [0.29, 0.717) is 6.61 Å². The fraction of sp³-hybridized carbons (Fsp3) is 0.455. The Morgan fingerprint density at radius 1 is 1.24 bits per heavy atom. The predicted molar refractivity (Wildman–Crippen MR) is 64.6 cm³/mol. The van der Waals surface area contributed by atoms with E-state index in [-0.39, 0.29) is 11.5 Å². The van der Waals surface area contributed by atoms with Crippen molar-refractivity contribution in [2.45, 2.75) is 18.2 Å². The normalized spacial score (nSPS) is 10.6. The molecule has 0 aliphatic carbocycles. The topological polar surface area (TPSA) is 83.8 Å². The summed E-state index contributed by atoms with van der Waals surface area (Å²) in [5, 5.41) is 8.12. The summed E-state index contributed by atoms with van der Waals surface area (Å²) < 4.78 is 34.2. The third kappa shape index (κ3) is 7.87. The van der Waals surface area contributed by atoms with Crippen LogP contribution in [0.15, 0.2) is 29.2 Å². The van der Waals surface area contributed by atoms with Crippen molar-refractivity contribution in [3.8, 4) is 0 Å². The van der Waals surface area contributed by atoms with E-state index < -0.39 is 10.1 Å². The summed E-state index contributed by atoms with van der Waals surface area (Å²) in [4.78, 5) is -0.0666. The molecular weight excluding hydrogens is 244 g/mol. The number of hydrogen-bond acceptors (Lipinski definition) is 4. The smallest absolute Gasteiger partial charge is 0.294 e. The maximum absolute atomic E-state index is 10.5. The number of hydrogen-bond donors (Lipinski definition) is 2. The van der Waals surface area contributed by atoms with Crippen LogP contribution in [0, 0.1) is 6.92 Å². The Morgan fingerprint density at radius 2 is 1.76 bits per heavy atom. The van der Waals surface area contributed by atoms with Gasteiger partial charge in [0.15, 0.2) is 0 Å². The molecule has 1 aromatic rings.